The Labute approximate surface area is 101 Å². The summed E-state index contributed by atoms with van der Waals surface area (Å²) in [4.78, 5) is 11.6. The van der Waals surface area contributed by atoms with Crippen LogP contribution in [0.3, 0.4) is 0 Å². The van der Waals surface area contributed by atoms with Gasteiger partial charge in [-0.1, -0.05) is 0 Å². The fraction of sp³-hybridized carbons (Fsp3) is 0.500. The number of anilines is 1. The highest BCUT2D eigenvalue weighted by Crippen LogP contribution is 2.26. The van der Waals surface area contributed by atoms with Crippen molar-refractivity contribution >= 4 is 38.2 Å². The SMILES string of the molecule is O=C(CC1CCNC1)Nc1ccc(Br)s1. The van der Waals surface area contributed by atoms with E-state index in [1.54, 1.807) is 11.3 Å². The summed E-state index contributed by atoms with van der Waals surface area (Å²) in [6, 6.07) is 3.86. The highest BCUT2D eigenvalue weighted by Gasteiger charge is 2.18. The summed E-state index contributed by atoms with van der Waals surface area (Å²) in [7, 11) is 0. The first-order valence-corrected chi connectivity index (χ1v) is 6.61. The molecule has 82 valence electrons. The van der Waals surface area contributed by atoms with Crippen molar-refractivity contribution in [2.75, 3.05) is 18.4 Å². The molecule has 1 unspecified atom stereocenters. The second-order valence-electron chi connectivity index (χ2n) is 3.71. The lowest BCUT2D eigenvalue weighted by Crippen LogP contribution is -2.17. The van der Waals surface area contributed by atoms with Crippen LogP contribution in [0.5, 0.6) is 0 Å². The Morgan fingerprint density at radius 1 is 1.67 bits per heavy atom. The lowest BCUT2D eigenvalue weighted by molar-refractivity contribution is -0.116. The molecule has 0 bridgehead atoms. The van der Waals surface area contributed by atoms with Crippen LogP contribution in [-0.4, -0.2) is 19.0 Å². The van der Waals surface area contributed by atoms with Crippen molar-refractivity contribution in [3.05, 3.63) is 15.9 Å². The largest absolute Gasteiger partial charge is 0.318 e. The number of nitrogens with one attached hydrogen (secondary N) is 2. The Kier molecular flexibility index (Phi) is 3.77. The highest BCUT2D eigenvalue weighted by molar-refractivity contribution is 9.11. The monoisotopic (exact) mass is 288 g/mol. The number of rotatable bonds is 3. The smallest absolute Gasteiger partial charge is 0.225 e. The van der Waals surface area contributed by atoms with Crippen LogP contribution < -0.4 is 10.6 Å². The molecule has 5 heteroatoms. The standard InChI is InChI=1S/C10H13BrN2OS/c11-8-1-2-10(15-8)13-9(14)5-7-3-4-12-6-7/h1-2,7,12H,3-6H2,(H,13,14). The second kappa shape index (κ2) is 5.09. The molecular weight excluding hydrogens is 276 g/mol. The maximum absolute atomic E-state index is 11.6. The van der Waals surface area contributed by atoms with Crippen molar-refractivity contribution in [1.82, 2.24) is 5.32 Å². The molecule has 15 heavy (non-hydrogen) atoms. The summed E-state index contributed by atoms with van der Waals surface area (Å²) >= 11 is 4.91. The Morgan fingerprint density at radius 3 is 3.13 bits per heavy atom. The van der Waals surface area contributed by atoms with Gasteiger partial charge in [0, 0.05) is 6.42 Å². The third kappa shape index (κ3) is 3.29. The first-order valence-electron chi connectivity index (χ1n) is 5.00. The molecule has 1 aromatic rings. The van der Waals surface area contributed by atoms with E-state index < -0.39 is 0 Å². The first-order chi connectivity index (χ1) is 7.24. The fourth-order valence-electron chi connectivity index (χ4n) is 1.72. The number of hydrogen-bond acceptors (Lipinski definition) is 3. The molecule has 2 heterocycles. The lowest BCUT2D eigenvalue weighted by atomic mass is 10.1. The lowest BCUT2D eigenvalue weighted by Gasteiger charge is -2.07. The molecule has 0 saturated carbocycles. The zero-order valence-electron chi connectivity index (χ0n) is 8.25. The number of amides is 1. The first kappa shape index (κ1) is 11.1. The second-order valence-corrected chi connectivity index (χ2v) is 6.18. The molecule has 0 radical (unpaired) electrons. The van der Waals surface area contributed by atoms with Gasteiger partial charge in [0.2, 0.25) is 5.91 Å². The molecule has 1 aliphatic heterocycles. The van der Waals surface area contributed by atoms with E-state index in [9.17, 15) is 4.79 Å². The van der Waals surface area contributed by atoms with Gasteiger partial charge in [-0.15, -0.1) is 11.3 Å². The molecule has 0 spiro atoms. The molecule has 2 N–H and O–H groups in total. The van der Waals surface area contributed by atoms with Crippen LogP contribution in [0.4, 0.5) is 5.00 Å². The number of carbonyl (C=O) groups is 1. The molecule has 1 aliphatic rings. The molecule has 2 rings (SSSR count). The normalized spacial score (nSPS) is 20.5. The van der Waals surface area contributed by atoms with Crippen molar-refractivity contribution < 1.29 is 4.79 Å². The van der Waals surface area contributed by atoms with E-state index in [0.29, 0.717) is 12.3 Å². The van der Waals surface area contributed by atoms with E-state index in [1.807, 2.05) is 12.1 Å². The maximum atomic E-state index is 11.6. The van der Waals surface area contributed by atoms with E-state index in [4.69, 9.17) is 0 Å². The van der Waals surface area contributed by atoms with Crippen LogP contribution in [0.1, 0.15) is 12.8 Å². The molecule has 0 aliphatic carbocycles. The molecular formula is C10H13BrN2OS. The predicted molar refractivity (Wildman–Crippen MR) is 66.2 cm³/mol. The average Bonchev–Trinajstić information content (AvgIpc) is 2.77. The minimum Gasteiger partial charge on any atom is -0.318 e. The van der Waals surface area contributed by atoms with Gasteiger partial charge in [-0.05, 0) is 53.5 Å². The van der Waals surface area contributed by atoms with Crippen molar-refractivity contribution in [2.45, 2.75) is 12.8 Å². The van der Waals surface area contributed by atoms with Crippen LogP contribution in [-0.2, 0) is 4.79 Å². The molecule has 1 amide bonds. The summed E-state index contributed by atoms with van der Waals surface area (Å²) in [5.41, 5.74) is 0. The summed E-state index contributed by atoms with van der Waals surface area (Å²) in [5, 5.41) is 7.09. The van der Waals surface area contributed by atoms with Crippen molar-refractivity contribution in [2.24, 2.45) is 5.92 Å². The third-order valence-electron chi connectivity index (χ3n) is 2.47. The molecule has 0 aromatic carbocycles. The quantitative estimate of drug-likeness (QED) is 0.897. The zero-order valence-corrected chi connectivity index (χ0v) is 10.7. The molecule has 3 nitrogen and oxygen atoms in total. The van der Waals surface area contributed by atoms with Gasteiger partial charge in [0.05, 0.1) is 8.79 Å². The van der Waals surface area contributed by atoms with Gasteiger partial charge < -0.3 is 10.6 Å². The number of carbonyl (C=O) groups excluding carboxylic acids is 1. The summed E-state index contributed by atoms with van der Waals surface area (Å²) in [6.07, 6.45) is 1.74. The maximum Gasteiger partial charge on any atom is 0.225 e. The average molecular weight is 289 g/mol. The third-order valence-corrected chi connectivity index (χ3v) is 4.01. The molecule has 1 atom stereocenters. The van der Waals surface area contributed by atoms with E-state index in [-0.39, 0.29) is 5.91 Å². The van der Waals surface area contributed by atoms with Crippen molar-refractivity contribution in [3.8, 4) is 0 Å². The van der Waals surface area contributed by atoms with E-state index in [2.05, 4.69) is 26.6 Å². The van der Waals surface area contributed by atoms with Gasteiger partial charge in [0.1, 0.15) is 0 Å². The van der Waals surface area contributed by atoms with Crippen LogP contribution >= 0.6 is 27.3 Å². The Bertz CT molecular complexity index is 347. The van der Waals surface area contributed by atoms with Crippen LogP contribution in [0.15, 0.2) is 15.9 Å². The summed E-state index contributed by atoms with van der Waals surface area (Å²) in [6.45, 7) is 2.02. The Balaban J connectivity index is 1.81. The van der Waals surface area contributed by atoms with Crippen LogP contribution in [0.2, 0.25) is 0 Å². The van der Waals surface area contributed by atoms with Crippen molar-refractivity contribution in [1.29, 1.82) is 0 Å². The topological polar surface area (TPSA) is 41.1 Å². The van der Waals surface area contributed by atoms with Gasteiger partial charge in [-0.2, -0.15) is 0 Å². The molecule has 1 fully saturated rings. The van der Waals surface area contributed by atoms with Crippen molar-refractivity contribution in [3.63, 3.8) is 0 Å². The van der Waals surface area contributed by atoms with Gasteiger partial charge in [-0.3, -0.25) is 4.79 Å². The van der Waals surface area contributed by atoms with Gasteiger partial charge in [0.15, 0.2) is 0 Å². The Morgan fingerprint density at radius 2 is 2.53 bits per heavy atom. The number of thiophene rings is 1. The van der Waals surface area contributed by atoms with Crippen LogP contribution in [0, 0.1) is 5.92 Å². The summed E-state index contributed by atoms with van der Waals surface area (Å²) < 4.78 is 1.04. The molecule has 1 saturated heterocycles. The van der Waals surface area contributed by atoms with E-state index in [0.717, 1.165) is 28.3 Å². The predicted octanol–water partition coefficient (Wildman–Crippen LogP) is 2.45. The van der Waals surface area contributed by atoms with Gasteiger partial charge in [0.25, 0.3) is 0 Å². The van der Waals surface area contributed by atoms with Crippen LogP contribution in [0.25, 0.3) is 0 Å². The molecule has 1 aromatic heterocycles. The number of halogens is 1. The minimum atomic E-state index is 0.123. The minimum absolute atomic E-state index is 0.123. The fourth-order valence-corrected chi connectivity index (χ4v) is 3.02. The van der Waals surface area contributed by atoms with E-state index in [1.165, 1.54) is 0 Å². The van der Waals surface area contributed by atoms with Gasteiger partial charge in [-0.25, -0.2) is 0 Å². The van der Waals surface area contributed by atoms with E-state index >= 15 is 0 Å². The Hall–Kier alpha value is -0.390. The zero-order chi connectivity index (χ0) is 10.7. The highest BCUT2D eigenvalue weighted by atomic mass is 79.9. The summed E-state index contributed by atoms with van der Waals surface area (Å²) in [5.74, 6) is 0.631. The van der Waals surface area contributed by atoms with Gasteiger partial charge >= 0.3 is 0 Å². The number of hydrogen-bond donors (Lipinski definition) is 2.